The van der Waals surface area contributed by atoms with Gasteiger partial charge in [0.05, 0.1) is 12.8 Å². The van der Waals surface area contributed by atoms with Gasteiger partial charge in [0.25, 0.3) is 0 Å². The monoisotopic (exact) mass is 271 g/mol. The minimum atomic E-state index is 0.459. The summed E-state index contributed by atoms with van der Waals surface area (Å²) in [5.41, 5.74) is 0. The van der Waals surface area contributed by atoms with E-state index in [1.54, 1.807) is 6.20 Å². The van der Waals surface area contributed by atoms with E-state index >= 15 is 0 Å². The lowest BCUT2D eigenvalue weighted by atomic mass is 10.1. The fourth-order valence-corrected chi connectivity index (χ4v) is 1.72. The molecular formula is C13H22ClN3O. The van der Waals surface area contributed by atoms with Crippen molar-refractivity contribution >= 4 is 17.5 Å². The molecule has 4 nitrogen and oxygen atoms in total. The summed E-state index contributed by atoms with van der Waals surface area (Å²) in [6.45, 7) is 7.90. The molecule has 102 valence electrons. The Kier molecular flexibility index (Phi) is 6.80. The van der Waals surface area contributed by atoms with E-state index in [2.05, 4.69) is 36.1 Å². The molecule has 1 aromatic rings. The molecule has 0 saturated heterocycles. The van der Waals surface area contributed by atoms with Crippen molar-refractivity contribution in [1.29, 1.82) is 0 Å². The standard InChI is InChI=1S/C13H22ClN3O/c1-4-6-10(3)9-18-12-11(14)8-16-13(17-12)15-7-5-2/h8,10H,4-7,9H2,1-3H3,(H,15,16,17). The van der Waals surface area contributed by atoms with E-state index in [4.69, 9.17) is 16.3 Å². The van der Waals surface area contributed by atoms with E-state index in [0.717, 1.165) is 25.8 Å². The van der Waals surface area contributed by atoms with Crippen molar-refractivity contribution in [2.24, 2.45) is 5.92 Å². The van der Waals surface area contributed by atoms with Crippen LogP contribution in [0.25, 0.3) is 0 Å². The van der Waals surface area contributed by atoms with Crippen molar-refractivity contribution in [1.82, 2.24) is 9.97 Å². The van der Waals surface area contributed by atoms with Crippen molar-refractivity contribution in [3.63, 3.8) is 0 Å². The first-order chi connectivity index (χ1) is 8.67. The predicted molar refractivity (Wildman–Crippen MR) is 75.4 cm³/mol. The summed E-state index contributed by atoms with van der Waals surface area (Å²) in [7, 11) is 0. The van der Waals surface area contributed by atoms with E-state index in [1.807, 2.05) is 0 Å². The Morgan fingerprint density at radius 2 is 2.17 bits per heavy atom. The highest BCUT2D eigenvalue weighted by molar-refractivity contribution is 6.31. The maximum absolute atomic E-state index is 6.01. The molecule has 5 heteroatoms. The SMILES string of the molecule is CCCNc1ncc(Cl)c(OCC(C)CCC)n1. The van der Waals surface area contributed by atoms with Crippen LogP contribution in [-0.2, 0) is 0 Å². The smallest absolute Gasteiger partial charge is 0.237 e. The van der Waals surface area contributed by atoms with Gasteiger partial charge < -0.3 is 10.1 Å². The predicted octanol–water partition coefficient (Wildman–Crippen LogP) is 3.77. The lowest BCUT2D eigenvalue weighted by Crippen LogP contribution is -2.11. The van der Waals surface area contributed by atoms with Crippen LogP contribution in [0.4, 0.5) is 5.95 Å². The second kappa shape index (κ2) is 8.14. The molecular weight excluding hydrogens is 250 g/mol. The third-order valence-corrected chi connectivity index (χ3v) is 2.79. The topological polar surface area (TPSA) is 47.0 Å². The zero-order valence-electron chi connectivity index (χ0n) is 11.4. The molecule has 0 aliphatic heterocycles. The molecule has 1 N–H and O–H groups in total. The van der Waals surface area contributed by atoms with E-state index in [-0.39, 0.29) is 0 Å². The molecule has 0 bridgehead atoms. The van der Waals surface area contributed by atoms with E-state index in [0.29, 0.717) is 29.4 Å². The average Bonchev–Trinajstić information content (AvgIpc) is 2.36. The number of rotatable bonds is 8. The van der Waals surface area contributed by atoms with Crippen molar-refractivity contribution < 1.29 is 4.74 Å². The number of ether oxygens (including phenoxy) is 1. The van der Waals surface area contributed by atoms with Gasteiger partial charge in [-0.25, -0.2) is 4.98 Å². The molecule has 18 heavy (non-hydrogen) atoms. The van der Waals surface area contributed by atoms with E-state index < -0.39 is 0 Å². The van der Waals surface area contributed by atoms with Crippen molar-refractivity contribution in [2.75, 3.05) is 18.5 Å². The number of nitrogens with zero attached hydrogens (tertiary/aromatic N) is 2. The summed E-state index contributed by atoms with van der Waals surface area (Å²) in [5.74, 6) is 1.54. The van der Waals surface area contributed by atoms with Crippen molar-refractivity contribution in [3.05, 3.63) is 11.2 Å². The summed E-state index contributed by atoms with van der Waals surface area (Å²) in [6, 6.07) is 0. The highest BCUT2D eigenvalue weighted by Crippen LogP contribution is 2.22. The first-order valence-electron chi connectivity index (χ1n) is 6.56. The van der Waals surface area contributed by atoms with Crippen LogP contribution in [0.15, 0.2) is 6.20 Å². The van der Waals surface area contributed by atoms with E-state index in [1.165, 1.54) is 0 Å². The maximum atomic E-state index is 6.01. The Hall–Kier alpha value is -1.03. The fourth-order valence-electron chi connectivity index (χ4n) is 1.57. The Labute approximate surface area is 114 Å². The summed E-state index contributed by atoms with van der Waals surface area (Å²) >= 11 is 6.01. The Morgan fingerprint density at radius 3 is 2.83 bits per heavy atom. The van der Waals surface area contributed by atoms with Gasteiger partial charge in [-0.15, -0.1) is 0 Å². The minimum absolute atomic E-state index is 0.459. The molecule has 1 unspecified atom stereocenters. The molecule has 1 atom stereocenters. The fraction of sp³-hybridized carbons (Fsp3) is 0.692. The Morgan fingerprint density at radius 1 is 1.39 bits per heavy atom. The van der Waals surface area contributed by atoms with Crippen LogP contribution >= 0.6 is 11.6 Å². The molecule has 0 fully saturated rings. The Bertz CT molecular complexity index is 360. The third kappa shape index (κ3) is 5.08. The second-order valence-electron chi connectivity index (χ2n) is 4.48. The summed E-state index contributed by atoms with van der Waals surface area (Å²) in [5, 5.41) is 3.57. The zero-order chi connectivity index (χ0) is 13.4. The van der Waals surface area contributed by atoms with Gasteiger partial charge in [0.15, 0.2) is 0 Å². The van der Waals surface area contributed by atoms with Gasteiger partial charge in [0.1, 0.15) is 5.02 Å². The zero-order valence-corrected chi connectivity index (χ0v) is 12.1. The van der Waals surface area contributed by atoms with E-state index in [9.17, 15) is 0 Å². The lowest BCUT2D eigenvalue weighted by molar-refractivity contribution is 0.243. The largest absolute Gasteiger partial charge is 0.476 e. The quantitative estimate of drug-likeness (QED) is 0.782. The highest BCUT2D eigenvalue weighted by Gasteiger charge is 2.08. The molecule has 1 heterocycles. The van der Waals surface area contributed by atoms with Crippen molar-refractivity contribution in [3.8, 4) is 5.88 Å². The Balaban J connectivity index is 2.57. The summed E-state index contributed by atoms with van der Waals surface area (Å²) in [6.07, 6.45) is 4.90. The molecule has 0 aliphatic rings. The van der Waals surface area contributed by atoms with Crippen LogP contribution in [0.1, 0.15) is 40.0 Å². The number of hydrogen-bond donors (Lipinski definition) is 1. The van der Waals surface area contributed by atoms with Gasteiger partial charge >= 0.3 is 0 Å². The molecule has 0 amide bonds. The molecule has 0 aliphatic carbocycles. The van der Waals surface area contributed by atoms with Crippen LogP contribution in [0.5, 0.6) is 5.88 Å². The normalized spacial score (nSPS) is 12.2. The lowest BCUT2D eigenvalue weighted by Gasteiger charge is -2.13. The first kappa shape index (κ1) is 15.0. The molecule has 0 aromatic carbocycles. The number of aromatic nitrogens is 2. The van der Waals surface area contributed by atoms with Gasteiger partial charge in [0, 0.05) is 6.54 Å². The first-order valence-corrected chi connectivity index (χ1v) is 6.94. The van der Waals surface area contributed by atoms with Gasteiger partial charge in [-0.2, -0.15) is 4.98 Å². The van der Waals surface area contributed by atoms with Gasteiger partial charge in [0.2, 0.25) is 11.8 Å². The van der Waals surface area contributed by atoms with Crippen LogP contribution in [0, 0.1) is 5.92 Å². The molecule has 1 rings (SSSR count). The minimum Gasteiger partial charge on any atom is -0.476 e. The number of hydrogen-bond acceptors (Lipinski definition) is 4. The van der Waals surface area contributed by atoms with Gasteiger partial charge in [-0.1, -0.05) is 38.8 Å². The average molecular weight is 272 g/mol. The van der Waals surface area contributed by atoms with Gasteiger partial charge in [-0.05, 0) is 18.8 Å². The molecule has 0 spiro atoms. The highest BCUT2D eigenvalue weighted by atomic mass is 35.5. The molecule has 1 aromatic heterocycles. The summed E-state index contributed by atoms with van der Waals surface area (Å²) < 4.78 is 5.65. The number of anilines is 1. The summed E-state index contributed by atoms with van der Waals surface area (Å²) in [4.78, 5) is 8.37. The number of halogens is 1. The van der Waals surface area contributed by atoms with Crippen LogP contribution < -0.4 is 10.1 Å². The van der Waals surface area contributed by atoms with Crippen LogP contribution in [0.3, 0.4) is 0 Å². The van der Waals surface area contributed by atoms with Crippen LogP contribution in [0.2, 0.25) is 5.02 Å². The number of nitrogens with one attached hydrogen (secondary N) is 1. The maximum Gasteiger partial charge on any atom is 0.237 e. The van der Waals surface area contributed by atoms with Gasteiger partial charge in [-0.3, -0.25) is 0 Å². The third-order valence-electron chi connectivity index (χ3n) is 2.53. The molecule has 0 saturated carbocycles. The van der Waals surface area contributed by atoms with Crippen molar-refractivity contribution in [2.45, 2.75) is 40.0 Å². The molecule has 0 radical (unpaired) electrons. The second-order valence-corrected chi connectivity index (χ2v) is 4.89. The van der Waals surface area contributed by atoms with Crippen LogP contribution in [-0.4, -0.2) is 23.1 Å².